The van der Waals surface area contributed by atoms with E-state index < -0.39 is 0 Å². The Labute approximate surface area is 159 Å². The van der Waals surface area contributed by atoms with Gasteiger partial charge in [0.15, 0.2) is 16.6 Å². The van der Waals surface area contributed by atoms with Gasteiger partial charge in [-0.2, -0.15) is 10.1 Å². The maximum Gasteiger partial charge on any atom is 0.262 e. The first-order chi connectivity index (χ1) is 13.0. The predicted octanol–water partition coefficient (Wildman–Crippen LogP) is 3.47. The lowest BCUT2D eigenvalue weighted by Gasteiger charge is -2.07. The standard InChI is InChI=1S/C18H18N6O2S/c1-10(2)14-20-17(26-23-14)11(3)27-18-21-15-13(16(25)22-18)9-19-24(15)12-7-5-4-6-8-12/h4-11H,1-3H3,(H,21,22,25). The van der Waals surface area contributed by atoms with Gasteiger partial charge in [0.2, 0.25) is 5.89 Å². The third kappa shape index (κ3) is 3.37. The van der Waals surface area contributed by atoms with E-state index in [0.29, 0.717) is 27.9 Å². The molecular weight excluding hydrogens is 364 g/mol. The number of H-pyrrole nitrogens is 1. The summed E-state index contributed by atoms with van der Waals surface area (Å²) in [4.78, 5) is 24.2. The predicted molar refractivity (Wildman–Crippen MR) is 102 cm³/mol. The van der Waals surface area contributed by atoms with Crippen LogP contribution in [-0.2, 0) is 0 Å². The molecule has 0 bridgehead atoms. The van der Waals surface area contributed by atoms with Crippen LogP contribution in [0.15, 0.2) is 51.0 Å². The molecule has 8 nitrogen and oxygen atoms in total. The highest BCUT2D eigenvalue weighted by atomic mass is 32.2. The van der Waals surface area contributed by atoms with Gasteiger partial charge in [-0.05, 0) is 19.1 Å². The Morgan fingerprint density at radius 3 is 2.63 bits per heavy atom. The summed E-state index contributed by atoms with van der Waals surface area (Å²) in [5.41, 5.74) is 1.12. The van der Waals surface area contributed by atoms with E-state index in [-0.39, 0.29) is 16.7 Å². The second-order valence-corrected chi connectivity index (χ2v) is 7.74. The van der Waals surface area contributed by atoms with Crippen LogP contribution in [0.5, 0.6) is 0 Å². The summed E-state index contributed by atoms with van der Waals surface area (Å²) in [6.45, 7) is 5.94. The molecule has 4 rings (SSSR count). The number of nitrogens with one attached hydrogen (secondary N) is 1. The summed E-state index contributed by atoms with van der Waals surface area (Å²) in [5.74, 6) is 1.36. The van der Waals surface area contributed by atoms with Crippen LogP contribution in [0.4, 0.5) is 0 Å². The van der Waals surface area contributed by atoms with Crippen molar-refractivity contribution in [3.8, 4) is 5.69 Å². The average molecular weight is 382 g/mol. The topological polar surface area (TPSA) is 102 Å². The number of rotatable bonds is 5. The van der Waals surface area contributed by atoms with E-state index in [4.69, 9.17) is 4.52 Å². The van der Waals surface area contributed by atoms with Gasteiger partial charge in [-0.1, -0.05) is 49.0 Å². The first-order valence-electron chi connectivity index (χ1n) is 8.56. The summed E-state index contributed by atoms with van der Waals surface area (Å²) in [7, 11) is 0. The lowest BCUT2D eigenvalue weighted by molar-refractivity contribution is 0.373. The zero-order valence-electron chi connectivity index (χ0n) is 15.1. The van der Waals surface area contributed by atoms with Crippen LogP contribution in [0.25, 0.3) is 16.7 Å². The lowest BCUT2D eigenvalue weighted by Crippen LogP contribution is -2.10. The summed E-state index contributed by atoms with van der Waals surface area (Å²) >= 11 is 1.35. The van der Waals surface area contributed by atoms with Crippen LogP contribution < -0.4 is 5.56 Å². The van der Waals surface area contributed by atoms with E-state index in [0.717, 1.165) is 5.69 Å². The number of hydrogen-bond donors (Lipinski definition) is 1. The molecule has 138 valence electrons. The van der Waals surface area contributed by atoms with Gasteiger partial charge in [0, 0.05) is 5.92 Å². The molecule has 1 N–H and O–H groups in total. The Kier molecular flexibility index (Phi) is 4.53. The Hall–Kier alpha value is -2.94. The smallest absolute Gasteiger partial charge is 0.262 e. The molecule has 0 radical (unpaired) electrons. The van der Waals surface area contributed by atoms with Gasteiger partial charge in [0.25, 0.3) is 5.56 Å². The molecule has 0 saturated carbocycles. The van der Waals surface area contributed by atoms with Crippen LogP contribution in [0.3, 0.4) is 0 Å². The molecule has 0 fully saturated rings. The molecule has 1 unspecified atom stereocenters. The Balaban J connectivity index is 1.69. The van der Waals surface area contributed by atoms with Crippen molar-refractivity contribution in [2.24, 2.45) is 0 Å². The molecule has 1 aromatic carbocycles. The first kappa shape index (κ1) is 17.5. The maximum absolute atomic E-state index is 12.4. The van der Waals surface area contributed by atoms with Gasteiger partial charge < -0.3 is 9.51 Å². The van der Waals surface area contributed by atoms with Crippen LogP contribution >= 0.6 is 11.8 Å². The van der Waals surface area contributed by atoms with Crippen LogP contribution in [0.1, 0.15) is 43.7 Å². The van der Waals surface area contributed by atoms with Crippen LogP contribution in [0.2, 0.25) is 0 Å². The quantitative estimate of drug-likeness (QED) is 0.416. The molecule has 0 saturated heterocycles. The summed E-state index contributed by atoms with van der Waals surface area (Å²) in [6, 6.07) is 9.58. The fourth-order valence-electron chi connectivity index (χ4n) is 2.58. The number of hydrogen-bond acceptors (Lipinski definition) is 7. The molecule has 3 heterocycles. The minimum Gasteiger partial charge on any atom is -0.338 e. The number of nitrogens with zero attached hydrogens (tertiary/aromatic N) is 5. The third-order valence-corrected chi connectivity index (χ3v) is 5.00. The molecule has 0 aliphatic rings. The summed E-state index contributed by atoms with van der Waals surface area (Å²) in [6.07, 6.45) is 1.53. The van der Waals surface area contributed by atoms with Gasteiger partial charge in [-0.3, -0.25) is 4.79 Å². The Bertz CT molecular complexity index is 1130. The van der Waals surface area contributed by atoms with Gasteiger partial charge in [0.1, 0.15) is 5.39 Å². The molecule has 4 aromatic rings. The average Bonchev–Trinajstić information content (AvgIpc) is 3.30. The van der Waals surface area contributed by atoms with Gasteiger partial charge >= 0.3 is 0 Å². The third-order valence-electron chi connectivity index (χ3n) is 4.03. The second kappa shape index (κ2) is 6.99. The van der Waals surface area contributed by atoms with Crippen molar-refractivity contribution in [3.63, 3.8) is 0 Å². The second-order valence-electron chi connectivity index (χ2n) is 6.41. The first-order valence-corrected chi connectivity index (χ1v) is 9.44. The number of aromatic amines is 1. The monoisotopic (exact) mass is 382 g/mol. The summed E-state index contributed by atoms with van der Waals surface area (Å²) in [5, 5.41) is 9.06. The highest BCUT2D eigenvalue weighted by molar-refractivity contribution is 7.99. The fraction of sp³-hybridized carbons (Fsp3) is 0.278. The van der Waals surface area contributed by atoms with Gasteiger partial charge in [-0.25, -0.2) is 9.67 Å². The van der Waals surface area contributed by atoms with E-state index >= 15 is 0 Å². The van der Waals surface area contributed by atoms with Gasteiger partial charge in [-0.15, -0.1) is 0 Å². The van der Waals surface area contributed by atoms with E-state index in [1.165, 1.54) is 18.0 Å². The number of benzene rings is 1. The van der Waals surface area contributed by atoms with Crippen LogP contribution in [0, 0.1) is 0 Å². The zero-order chi connectivity index (χ0) is 19.0. The molecular formula is C18H18N6O2S. The van der Waals surface area contributed by atoms with E-state index in [1.54, 1.807) is 4.68 Å². The maximum atomic E-state index is 12.4. The fourth-order valence-corrected chi connectivity index (χ4v) is 3.40. The molecule has 0 aliphatic carbocycles. The molecule has 9 heteroatoms. The van der Waals surface area contributed by atoms with Crippen molar-refractivity contribution in [1.29, 1.82) is 0 Å². The van der Waals surface area contributed by atoms with Crippen molar-refractivity contribution in [1.82, 2.24) is 29.9 Å². The van der Waals surface area contributed by atoms with E-state index in [2.05, 4.69) is 25.2 Å². The largest absolute Gasteiger partial charge is 0.338 e. The molecule has 3 aromatic heterocycles. The molecule has 0 aliphatic heterocycles. The Morgan fingerprint density at radius 1 is 1.15 bits per heavy atom. The number of thioether (sulfide) groups is 1. The van der Waals surface area contributed by atoms with Crippen molar-refractivity contribution in [2.45, 2.75) is 37.1 Å². The van der Waals surface area contributed by atoms with Gasteiger partial charge in [0.05, 0.1) is 17.1 Å². The lowest BCUT2D eigenvalue weighted by atomic mass is 10.2. The molecule has 27 heavy (non-hydrogen) atoms. The van der Waals surface area contributed by atoms with E-state index in [1.807, 2.05) is 51.1 Å². The molecule has 0 amide bonds. The highest BCUT2D eigenvalue weighted by Gasteiger charge is 2.19. The molecule has 0 spiro atoms. The van der Waals surface area contributed by atoms with Crippen molar-refractivity contribution in [2.75, 3.05) is 0 Å². The van der Waals surface area contributed by atoms with Crippen LogP contribution in [-0.4, -0.2) is 29.9 Å². The summed E-state index contributed by atoms with van der Waals surface area (Å²) < 4.78 is 6.99. The van der Waals surface area contributed by atoms with Crippen molar-refractivity contribution in [3.05, 3.63) is 58.6 Å². The Morgan fingerprint density at radius 2 is 1.93 bits per heavy atom. The minimum absolute atomic E-state index is 0.154. The minimum atomic E-state index is -0.231. The molecule has 1 atom stereocenters. The highest BCUT2D eigenvalue weighted by Crippen LogP contribution is 2.32. The zero-order valence-corrected chi connectivity index (χ0v) is 15.9. The number of para-hydroxylation sites is 1. The van der Waals surface area contributed by atoms with E-state index in [9.17, 15) is 4.79 Å². The van der Waals surface area contributed by atoms with Crippen molar-refractivity contribution >= 4 is 22.8 Å². The SMILES string of the molecule is CC(C)c1noc(C(C)Sc2nc3c(cnn3-c3ccccc3)c(=O)[nH]2)n1. The number of fused-ring (bicyclic) bond motifs is 1. The normalized spacial score (nSPS) is 12.7. The van der Waals surface area contributed by atoms with Crippen molar-refractivity contribution < 1.29 is 4.52 Å². The number of aromatic nitrogens is 6.